The van der Waals surface area contributed by atoms with Crippen LogP contribution in [0.1, 0.15) is 278 Å². The van der Waals surface area contributed by atoms with Gasteiger partial charge in [0.25, 0.3) is 0 Å². The number of aryl methyl sites for hydroxylation is 7. The number of halogens is 2. The molecule has 3 aromatic carbocycles. The summed E-state index contributed by atoms with van der Waals surface area (Å²) in [6.45, 7) is 69.8. The molecule has 0 bridgehead atoms. The Balaban J connectivity index is -0.000000255. The first-order valence-electron chi connectivity index (χ1n) is 28.6. The zero-order valence-electron chi connectivity index (χ0n) is 55.7. The van der Waals surface area contributed by atoms with E-state index in [1.807, 2.05) is 45.3 Å². The molecule has 430 valence electrons. The summed E-state index contributed by atoms with van der Waals surface area (Å²) in [5.74, 6) is -0.202. The lowest BCUT2D eigenvalue weighted by Gasteiger charge is -2.20. The Hall–Kier alpha value is -4.18. The lowest BCUT2D eigenvalue weighted by atomic mass is 9.85. The van der Waals surface area contributed by atoms with Crippen LogP contribution in [-0.4, -0.2) is 9.97 Å². The molecular weight excluding hydrogens is 919 g/mol. The van der Waals surface area contributed by atoms with Gasteiger partial charge in [-0.15, -0.1) is 0 Å². The van der Waals surface area contributed by atoms with Crippen LogP contribution in [0.2, 0.25) is 0 Å². The Labute approximate surface area is 467 Å². The topological polar surface area (TPSA) is 25.8 Å². The van der Waals surface area contributed by atoms with E-state index in [1.165, 1.54) is 71.2 Å². The van der Waals surface area contributed by atoms with Crippen molar-refractivity contribution in [3.05, 3.63) is 163 Å². The Morgan fingerprint density at radius 3 is 0.947 bits per heavy atom. The van der Waals surface area contributed by atoms with Crippen LogP contribution in [-0.2, 0) is 27.1 Å². The van der Waals surface area contributed by atoms with Gasteiger partial charge in [-0.3, -0.25) is 9.97 Å². The molecule has 0 amide bonds. The normalized spacial score (nSPS) is 10.6. The molecule has 0 aliphatic rings. The fourth-order valence-electron chi connectivity index (χ4n) is 5.46. The van der Waals surface area contributed by atoms with Gasteiger partial charge in [-0.25, -0.2) is 8.78 Å². The molecule has 0 saturated heterocycles. The van der Waals surface area contributed by atoms with Crippen LogP contribution in [0.25, 0.3) is 0 Å². The molecule has 0 radical (unpaired) electrons. The Kier molecular flexibility index (Phi) is 42.6. The van der Waals surface area contributed by atoms with Crippen LogP contribution >= 0.6 is 0 Å². The molecule has 0 aliphatic heterocycles. The molecule has 2 nitrogen and oxygen atoms in total. The SMILES string of the molecule is CCC.CCC.CCC.CCC.CCC.Cc1cc(C(C)(C)C)cc(F)c1C.Cc1ccc(C(C)(C)C)cc1C.Cc1ccc(C(C)(C)C)cc1F.Cc1ccc(C(C)(C)C)cn1.Cc1cnc(C(C)(C)C)cc1C. The first kappa shape index (κ1) is 79.7. The second-order valence-corrected chi connectivity index (χ2v) is 25.3. The lowest BCUT2D eigenvalue weighted by Crippen LogP contribution is -2.13. The maximum absolute atomic E-state index is 13.4. The zero-order valence-corrected chi connectivity index (χ0v) is 55.7. The van der Waals surface area contributed by atoms with E-state index < -0.39 is 0 Å². The van der Waals surface area contributed by atoms with E-state index >= 15 is 0 Å². The third-order valence-electron chi connectivity index (χ3n) is 10.8. The van der Waals surface area contributed by atoms with Gasteiger partial charge in [-0.05, 0) is 163 Å². The molecule has 0 atom stereocenters. The quantitative estimate of drug-likeness (QED) is 0.154. The van der Waals surface area contributed by atoms with E-state index in [-0.39, 0.29) is 38.7 Å². The van der Waals surface area contributed by atoms with E-state index in [9.17, 15) is 8.78 Å². The van der Waals surface area contributed by atoms with Crippen LogP contribution in [0.5, 0.6) is 0 Å². The second-order valence-electron chi connectivity index (χ2n) is 25.3. The number of benzene rings is 3. The summed E-state index contributed by atoms with van der Waals surface area (Å²) in [5.41, 5.74) is 15.7. The zero-order chi connectivity index (χ0) is 60.3. The van der Waals surface area contributed by atoms with Gasteiger partial charge in [0.15, 0.2) is 0 Å². The van der Waals surface area contributed by atoms with Crippen molar-refractivity contribution in [2.75, 3.05) is 0 Å². The molecule has 2 heterocycles. The Morgan fingerprint density at radius 1 is 0.307 bits per heavy atom. The van der Waals surface area contributed by atoms with Gasteiger partial charge < -0.3 is 0 Å². The first-order chi connectivity index (χ1) is 34.1. The minimum Gasteiger partial charge on any atom is -0.261 e. The largest absolute Gasteiger partial charge is 0.261 e. The summed E-state index contributed by atoms with van der Waals surface area (Å²) in [5, 5.41) is 0. The minimum absolute atomic E-state index is 0.0271. The molecule has 5 rings (SSSR count). The van der Waals surface area contributed by atoms with Gasteiger partial charge in [0.2, 0.25) is 0 Å². The van der Waals surface area contributed by atoms with Gasteiger partial charge >= 0.3 is 0 Å². The highest BCUT2D eigenvalue weighted by atomic mass is 19.1. The first-order valence-corrected chi connectivity index (χ1v) is 28.6. The van der Waals surface area contributed by atoms with Gasteiger partial charge in [-0.1, -0.05) is 248 Å². The van der Waals surface area contributed by atoms with Crippen molar-refractivity contribution >= 4 is 0 Å². The summed E-state index contributed by atoms with van der Waals surface area (Å²) in [6, 6.07) is 22.2. The van der Waals surface area contributed by atoms with Gasteiger partial charge in [0.1, 0.15) is 11.6 Å². The monoisotopic (exact) mass is 1040 g/mol. The standard InChI is InChI=1S/C12H17F.C12H18.C11H15F.C11H17N.C10H15N.5C3H8/c1-8-6-10(12(3,4)5)7-11(13)9(8)2;1-9-6-7-11(8-10(9)2)12(3,4)5;1-8-5-6-9(7-10(8)12)11(2,3)4;1-8-6-10(11(3,4)5)12-7-9(8)2;1-8-5-6-9(7-11-8)10(2,3)4;5*1-3-2/h6-7H,1-5H3;6-8H,1-5H3;5-7H,1-4H3;6-7H,1-5H3;5-7H,1-4H3;5*3H2,1-2H3. The van der Waals surface area contributed by atoms with Crippen molar-refractivity contribution in [3.63, 3.8) is 0 Å². The number of hydrogen-bond donors (Lipinski definition) is 0. The molecule has 0 unspecified atom stereocenters. The number of rotatable bonds is 0. The van der Waals surface area contributed by atoms with E-state index in [0.29, 0.717) is 5.56 Å². The van der Waals surface area contributed by atoms with Crippen LogP contribution in [0.3, 0.4) is 0 Å². The third-order valence-corrected chi connectivity index (χ3v) is 10.8. The van der Waals surface area contributed by atoms with Crippen LogP contribution in [0.15, 0.2) is 79.1 Å². The Morgan fingerprint density at radius 2 is 0.640 bits per heavy atom. The molecule has 5 aromatic rings. The molecule has 0 fully saturated rings. The number of hydrogen-bond acceptors (Lipinski definition) is 2. The van der Waals surface area contributed by atoms with Gasteiger partial charge in [0.05, 0.1) is 0 Å². The van der Waals surface area contributed by atoms with E-state index in [2.05, 4.69) is 253 Å². The molecule has 0 saturated carbocycles. The van der Waals surface area contributed by atoms with Crippen LogP contribution < -0.4 is 0 Å². The predicted octanol–water partition coefficient (Wildman–Crippen LogP) is 23.5. The maximum atomic E-state index is 13.4. The molecule has 0 N–H and O–H groups in total. The van der Waals surface area contributed by atoms with Crippen molar-refractivity contribution in [2.45, 2.75) is 288 Å². The van der Waals surface area contributed by atoms with Crippen molar-refractivity contribution in [1.29, 1.82) is 0 Å². The number of pyridine rings is 2. The maximum Gasteiger partial charge on any atom is 0.126 e. The molecule has 2 aromatic heterocycles. The molecule has 0 aliphatic carbocycles. The van der Waals surface area contributed by atoms with Crippen LogP contribution in [0, 0.1) is 67.0 Å². The molecule has 75 heavy (non-hydrogen) atoms. The summed E-state index contributed by atoms with van der Waals surface area (Å²) in [7, 11) is 0. The van der Waals surface area contributed by atoms with Crippen molar-refractivity contribution in [1.82, 2.24) is 9.97 Å². The smallest absolute Gasteiger partial charge is 0.126 e. The highest BCUT2D eigenvalue weighted by molar-refractivity contribution is 5.35. The summed E-state index contributed by atoms with van der Waals surface area (Å²) in [6.07, 6.45) is 10.2. The van der Waals surface area contributed by atoms with E-state index in [1.54, 1.807) is 19.1 Å². The summed E-state index contributed by atoms with van der Waals surface area (Å²) < 4.78 is 26.5. The number of aromatic nitrogens is 2. The average molecular weight is 1040 g/mol. The van der Waals surface area contributed by atoms with Crippen molar-refractivity contribution in [3.8, 4) is 0 Å². The van der Waals surface area contributed by atoms with E-state index in [0.717, 1.165) is 27.9 Å². The van der Waals surface area contributed by atoms with Gasteiger partial charge in [0, 0.05) is 29.2 Å². The third kappa shape index (κ3) is 38.9. The van der Waals surface area contributed by atoms with Crippen LogP contribution in [0.4, 0.5) is 8.78 Å². The molecular formula is C71H122F2N2. The highest BCUT2D eigenvalue weighted by Gasteiger charge is 2.18. The summed E-state index contributed by atoms with van der Waals surface area (Å²) >= 11 is 0. The lowest BCUT2D eigenvalue weighted by molar-refractivity contribution is 0.567. The molecule has 4 heteroatoms. The minimum atomic E-state index is -0.109. The fourth-order valence-corrected chi connectivity index (χ4v) is 5.46. The fraction of sp³-hybridized carbons (Fsp3) is 0.606. The molecule has 0 spiro atoms. The second kappa shape index (κ2) is 40.1. The van der Waals surface area contributed by atoms with E-state index in [4.69, 9.17) is 0 Å². The van der Waals surface area contributed by atoms with Crippen molar-refractivity contribution < 1.29 is 8.78 Å². The number of nitrogens with zero attached hydrogens (tertiary/aromatic N) is 2. The van der Waals surface area contributed by atoms with Crippen molar-refractivity contribution in [2.24, 2.45) is 0 Å². The Bertz CT molecular complexity index is 2010. The predicted molar refractivity (Wildman–Crippen MR) is 339 cm³/mol. The van der Waals surface area contributed by atoms with Gasteiger partial charge in [-0.2, -0.15) is 0 Å². The summed E-state index contributed by atoms with van der Waals surface area (Å²) in [4.78, 5) is 8.66. The average Bonchev–Trinajstić information content (AvgIpc) is 3.26. The highest BCUT2D eigenvalue weighted by Crippen LogP contribution is 2.27.